The highest BCUT2D eigenvalue weighted by Crippen LogP contribution is 2.39. The Labute approximate surface area is 163 Å². The van der Waals surface area contributed by atoms with Crippen molar-refractivity contribution in [3.8, 4) is 0 Å². The van der Waals surface area contributed by atoms with Gasteiger partial charge < -0.3 is 14.3 Å². The van der Waals surface area contributed by atoms with Gasteiger partial charge in [0.15, 0.2) is 0 Å². The maximum atomic E-state index is 13.5. The molecule has 3 aliphatic rings. The lowest BCUT2D eigenvalue weighted by atomic mass is 9.83. The van der Waals surface area contributed by atoms with Gasteiger partial charge in [0.25, 0.3) is 11.8 Å². The number of hydrogen-bond acceptors (Lipinski definition) is 5. The Morgan fingerprint density at radius 1 is 1.25 bits per heavy atom. The van der Waals surface area contributed by atoms with Gasteiger partial charge in [0.2, 0.25) is 0 Å². The number of carbonyl (C=O) groups excluding carboxylic acids is 2. The Hall–Kier alpha value is -2.70. The number of nitrogens with zero attached hydrogens (tertiary/aromatic N) is 4. The van der Waals surface area contributed by atoms with Gasteiger partial charge in [-0.2, -0.15) is 0 Å². The Morgan fingerprint density at radius 3 is 2.82 bits per heavy atom. The van der Waals surface area contributed by atoms with Gasteiger partial charge in [-0.15, -0.1) is 0 Å². The molecule has 2 unspecified atom stereocenters. The number of carbonyl (C=O) groups is 2. The Morgan fingerprint density at radius 2 is 2.07 bits per heavy atom. The largest absolute Gasteiger partial charge is 0.364 e. The van der Waals surface area contributed by atoms with Crippen LogP contribution in [0.15, 0.2) is 29.1 Å². The van der Waals surface area contributed by atoms with Crippen molar-refractivity contribution in [2.75, 3.05) is 6.54 Å². The van der Waals surface area contributed by atoms with Crippen LogP contribution in [-0.4, -0.2) is 50.5 Å². The average molecular weight is 380 g/mol. The van der Waals surface area contributed by atoms with Gasteiger partial charge in [0.05, 0.1) is 11.7 Å². The van der Waals surface area contributed by atoms with Crippen molar-refractivity contribution in [2.24, 2.45) is 5.92 Å². The van der Waals surface area contributed by atoms with E-state index in [9.17, 15) is 9.59 Å². The monoisotopic (exact) mass is 380 g/mol. The smallest absolute Gasteiger partial charge is 0.274 e. The topological polar surface area (TPSA) is 79.5 Å². The maximum absolute atomic E-state index is 13.5. The van der Waals surface area contributed by atoms with Crippen molar-refractivity contribution in [1.82, 2.24) is 19.9 Å². The second kappa shape index (κ2) is 6.72. The summed E-state index contributed by atoms with van der Waals surface area (Å²) < 4.78 is 5.03. The fourth-order valence-electron chi connectivity index (χ4n) is 5.16. The molecular weight excluding hydrogens is 356 g/mol. The van der Waals surface area contributed by atoms with Crippen molar-refractivity contribution in [1.29, 1.82) is 0 Å². The molecular formula is C21H24N4O3. The Balaban J connectivity index is 1.55. The van der Waals surface area contributed by atoms with Gasteiger partial charge in [-0.1, -0.05) is 30.5 Å². The normalized spacial score (nSPS) is 25.0. The molecule has 7 nitrogen and oxygen atoms in total. The van der Waals surface area contributed by atoms with Crippen LogP contribution >= 0.6 is 0 Å². The lowest BCUT2D eigenvalue weighted by Gasteiger charge is -2.37. The van der Waals surface area contributed by atoms with Gasteiger partial charge >= 0.3 is 0 Å². The van der Waals surface area contributed by atoms with Crippen LogP contribution in [0.3, 0.4) is 0 Å². The summed E-state index contributed by atoms with van der Waals surface area (Å²) in [6, 6.07) is 3.83. The summed E-state index contributed by atoms with van der Waals surface area (Å²) in [6.07, 6.45) is 9.29. The third-order valence-electron chi connectivity index (χ3n) is 6.59. The highest BCUT2D eigenvalue weighted by atomic mass is 16.5. The first kappa shape index (κ1) is 17.4. The summed E-state index contributed by atoms with van der Waals surface area (Å²) in [5, 5.41) is 3.89. The third-order valence-corrected chi connectivity index (χ3v) is 6.59. The Bertz CT molecular complexity index is 918. The first-order chi connectivity index (χ1) is 13.6. The standard InChI is InChI=1S/C21H24N4O3/c1-13-16(12-28-23-13)20(26)25-17(14-6-3-2-4-7-14)11-24-18(25)10-15-8-5-9-22-19(15)21(24)27/h5,8-9,12,14,17-18H,2-4,6-7,10-11H2,1H3. The van der Waals surface area contributed by atoms with E-state index in [0.717, 1.165) is 18.4 Å². The predicted molar refractivity (Wildman–Crippen MR) is 101 cm³/mol. The molecule has 4 heterocycles. The lowest BCUT2D eigenvalue weighted by molar-refractivity contribution is 0.0440. The number of hydrogen-bond donors (Lipinski definition) is 0. The summed E-state index contributed by atoms with van der Waals surface area (Å²) in [6.45, 7) is 2.37. The molecule has 0 N–H and O–H groups in total. The molecule has 2 aliphatic heterocycles. The van der Waals surface area contributed by atoms with Gasteiger partial charge in [-0.05, 0) is 37.3 Å². The van der Waals surface area contributed by atoms with Gasteiger partial charge in [0.1, 0.15) is 23.7 Å². The Kier molecular flexibility index (Phi) is 4.18. The molecule has 0 radical (unpaired) electrons. The number of aromatic nitrogens is 2. The number of rotatable bonds is 2. The molecule has 1 saturated carbocycles. The van der Waals surface area contributed by atoms with E-state index in [0.29, 0.717) is 35.8 Å². The zero-order valence-corrected chi connectivity index (χ0v) is 16.0. The molecule has 1 saturated heterocycles. The SMILES string of the molecule is Cc1nocc1C(=O)N1C(C2CCCCC2)CN2C(=O)c3ncccc3CC21. The first-order valence-electron chi connectivity index (χ1n) is 10.1. The molecule has 2 fully saturated rings. The van der Waals surface area contributed by atoms with Crippen molar-refractivity contribution >= 4 is 11.8 Å². The van der Waals surface area contributed by atoms with Gasteiger partial charge in [-0.25, -0.2) is 0 Å². The second-order valence-corrected chi connectivity index (χ2v) is 8.14. The molecule has 0 bridgehead atoms. The third kappa shape index (κ3) is 2.64. The van der Waals surface area contributed by atoms with E-state index in [1.54, 1.807) is 13.1 Å². The van der Waals surface area contributed by atoms with E-state index in [-0.39, 0.29) is 24.0 Å². The van der Waals surface area contributed by atoms with Crippen LogP contribution in [0.4, 0.5) is 0 Å². The zero-order chi connectivity index (χ0) is 19.3. The van der Waals surface area contributed by atoms with Crippen molar-refractivity contribution in [3.63, 3.8) is 0 Å². The predicted octanol–water partition coefficient (Wildman–Crippen LogP) is 2.81. The van der Waals surface area contributed by atoms with E-state index in [1.165, 1.54) is 25.5 Å². The molecule has 7 heteroatoms. The molecule has 2 aromatic heterocycles. The summed E-state index contributed by atoms with van der Waals surface area (Å²) in [7, 11) is 0. The maximum Gasteiger partial charge on any atom is 0.274 e. The minimum atomic E-state index is -0.266. The fraction of sp³-hybridized carbons (Fsp3) is 0.524. The average Bonchev–Trinajstić information content (AvgIpc) is 3.32. The van der Waals surface area contributed by atoms with E-state index in [1.807, 2.05) is 21.9 Å². The molecule has 2 atom stereocenters. The molecule has 0 aromatic carbocycles. The quantitative estimate of drug-likeness (QED) is 0.800. The van der Waals surface area contributed by atoms with E-state index in [4.69, 9.17) is 4.52 Å². The highest BCUT2D eigenvalue weighted by Gasteiger charge is 2.50. The fourth-order valence-corrected chi connectivity index (χ4v) is 5.16. The highest BCUT2D eigenvalue weighted by molar-refractivity contribution is 5.99. The van der Waals surface area contributed by atoms with Crippen molar-refractivity contribution in [2.45, 2.75) is 57.7 Å². The van der Waals surface area contributed by atoms with Crippen LogP contribution in [-0.2, 0) is 6.42 Å². The number of fused-ring (bicyclic) bond motifs is 2. The number of amides is 2. The molecule has 1 aliphatic carbocycles. The zero-order valence-electron chi connectivity index (χ0n) is 16.0. The molecule has 5 rings (SSSR count). The molecule has 146 valence electrons. The van der Waals surface area contributed by atoms with Crippen LogP contribution < -0.4 is 0 Å². The molecule has 2 aromatic rings. The molecule has 0 spiro atoms. The van der Waals surface area contributed by atoms with Crippen LogP contribution in [0, 0.1) is 12.8 Å². The first-order valence-corrected chi connectivity index (χ1v) is 10.1. The minimum Gasteiger partial charge on any atom is -0.364 e. The van der Waals surface area contributed by atoms with E-state index in [2.05, 4.69) is 10.1 Å². The van der Waals surface area contributed by atoms with E-state index >= 15 is 0 Å². The van der Waals surface area contributed by atoms with Crippen LogP contribution in [0.1, 0.15) is 64.2 Å². The minimum absolute atomic E-state index is 0.0327. The molecule has 28 heavy (non-hydrogen) atoms. The van der Waals surface area contributed by atoms with Crippen LogP contribution in [0.2, 0.25) is 0 Å². The second-order valence-electron chi connectivity index (χ2n) is 8.14. The number of aryl methyl sites for hydroxylation is 1. The van der Waals surface area contributed by atoms with Crippen molar-refractivity contribution < 1.29 is 14.1 Å². The van der Waals surface area contributed by atoms with E-state index < -0.39 is 0 Å². The van der Waals surface area contributed by atoms with Crippen molar-refractivity contribution in [3.05, 3.63) is 47.1 Å². The van der Waals surface area contributed by atoms with Gasteiger partial charge in [0, 0.05) is 19.2 Å². The number of pyridine rings is 1. The van der Waals surface area contributed by atoms with Crippen LogP contribution in [0.5, 0.6) is 0 Å². The lowest BCUT2D eigenvalue weighted by Crippen LogP contribution is -2.51. The van der Waals surface area contributed by atoms with Crippen LogP contribution in [0.25, 0.3) is 0 Å². The summed E-state index contributed by atoms with van der Waals surface area (Å²) in [5.41, 5.74) is 2.52. The summed E-state index contributed by atoms with van der Waals surface area (Å²) >= 11 is 0. The summed E-state index contributed by atoms with van der Waals surface area (Å²) in [4.78, 5) is 34.8. The molecule has 2 amide bonds. The van der Waals surface area contributed by atoms with Gasteiger partial charge in [-0.3, -0.25) is 14.6 Å². The summed E-state index contributed by atoms with van der Waals surface area (Å²) in [5.74, 6) is 0.277.